The molecule has 1 aromatic heterocycles. The Hall–Kier alpha value is -3.12. The minimum atomic E-state index is -0.992. The molecule has 0 radical (unpaired) electrons. The van der Waals surface area contributed by atoms with Crippen molar-refractivity contribution in [3.05, 3.63) is 83.4 Å². The van der Waals surface area contributed by atoms with Crippen molar-refractivity contribution < 1.29 is 14.6 Å². The second kappa shape index (κ2) is 9.86. The second-order valence-electron chi connectivity index (χ2n) is 9.80. The highest BCUT2D eigenvalue weighted by Crippen LogP contribution is 2.55. The fourth-order valence-corrected chi connectivity index (χ4v) is 6.35. The predicted molar refractivity (Wildman–Crippen MR) is 136 cm³/mol. The molecule has 0 amide bonds. The maximum absolute atomic E-state index is 12.5. The van der Waals surface area contributed by atoms with Crippen LogP contribution in [0.2, 0.25) is 5.02 Å². The molecule has 1 unspecified atom stereocenters. The first-order valence-electron chi connectivity index (χ1n) is 12.2. The number of fused-ring (bicyclic) bond motifs is 2. The largest absolute Gasteiger partial charge is 0.490 e. The fraction of sp³-hybridized carbons (Fsp3) is 0.393. The molecule has 1 spiro atoms. The lowest BCUT2D eigenvalue weighted by molar-refractivity contribution is -0.144. The van der Waals surface area contributed by atoms with Gasteiger partial charge in [-0.1, -0.05) is 41.9 Å². The van der Waals surface area contributed by atoms with Crippen molar-refractivity contribution in [2.75, 3.05) is 11.9 Å². The molecule has 182 valence electrons. The molecule has 2 N–H and O–H groups in total. The molecule has 2 aliphatic rings. The van der Waals surface area contributed by atoms with E-state index in [9.17, 15) is 9.90 Å². The highest BCUT2D eigenvalue weighted by Gasteiger charge is 2.53. The lowest BCUT2D eigenvalue weighted by Gasteiger charge is -2.47. The van der Waals surface area contributed by atoms with Crippen molar-refractivity contribution in [1.29, 1.82) is 0 Å². The SMILES string of the molecule is O=C(O)C1(Nc2cccc(Cl)c2)CCC2(CC1)c1ccccc1CC2CCCOc1cncnc1. The Labute approximate surface area is 210 Å². The zero-order valence-electron chi connectivity index (χ0n) is 19.6. The third kappa shape index (κ3) is 4.72. The van der Waals surface area contributed by atoms with Gasteiger partial charge in [-0.05, 0) is 85.6 Å². The first kappa shape index (κ1) is 23.6. The molecule has 0 saturated heterocycles. The third-order valence-electron chi connectivity index (χ3n) is 7.92. The predicted octanol–water partition coefficient (Wildman–Crippen LogP) is 5.91. The number of benzene rings is 2. The summed E-state index contributed by atoms with van der Waals surface area (Å²) in [4.78, 5) is 20.5. The lowest BCUT2D eigenvalue weighted by Crippen LogP contribution is -2.53. The molecule has 2 aliphatic carbocycles. The number of carboxylic acid groups (broad SMARTS) is 1. The number of hydrogen-bond acceptors (Lipinski definition) is 5. The first-order chi connectivity index (χ1) is 17.0. The number of nitrogens with zero attached hydrogens (tertiary/aromatic N) is 2. The van der Waals surface area contributed by atoms with E-state index in [2.05, 4.69) is 39.6 Å². The Morgan fingerprint density at radius 3 is 2.60 bits per heavy atom. The highest BCUT2D eigenvalue weighted by atomic mass is 35.5. The number of nitrogens with one attached hydrogen (secondary N) is 1. The van der Waals surface area contributed by atoms with E-state index < -0.39 is 11.5 Å². The van der Waals surface area contributed by atoms with Crippen molar-refractivity contribution in [3.8, 4) is 5.75 Å². The van der Waals surface area contributed by atoms with E-state index in [1.807, 2.05) is 12.1 Å². The summed E-state index contributed by atoms with van der Waals surface area (Å²) in [7, 11) is 0. The van der Waals surface area contributed by atoms with E-state index in [1.54, 1.807) is 24.5 Å². The summed E-state index contributed by atoms with van der Waals surface area (Å²) in [6.07, 6.45) is 10.7. The van der Waals surface area contributed by atoms with Gasteiger partial charge in [-0.3, -0.25) is 0 Å². The summed E-state index contributed by atoms with van der Waals surface area (Å²) >= 11 is 6.16. The fourth-order valence-electron chi connectivity index (χ4n) is 6.16. The van der Waals surface area contributed by atoms with Gasteiger partial charge in [-0.2, -0.15) is 0 Å². The first-order valence-corrected chi connectivity index (χ1v) is 12.6. The number of aliphatic carboxylic acids is 1. The minimum Gasteiger partial charge on any atom is -0.490 e. The van der Waals surface area contributed by atoms with E-state index >= 15 is 0 Å². The number of anilines is 1. The summed E-state index contributed by atoms with van der Waals surface area (Å²) in [6.45, 7) is 0.617. The van der Waals surface area contributed by atoms with Crippen LogP contribution >= 0.6 is 11.6 Å². The van der Waals surface area contributed by atoms with E-state index in [-0.39, 0.29) is 5.41 Å². The van der Waals surface area contributed by atoms with Gasteiger partial charge in [-0.15, -0.1) is 0 Å². The lowest BCUT2D eigenvalue weighted by atomic mass is 9.60. The van der Waals surface area contributed by atoms with Crippen LogP contribution in [0.1, 0.15) is 49.7 Å². The van der Waals surface area contributed by atoms with Crippen LogP contribution in [0.4, 0.5) is 5.69 Å². The quantitative estimate of drug-likeness (QED) is 0.381. The Morgan fingerprint density at radius 2 is 1.86 bits per heavy atom. The summed E-state index contributed by atoms with van der Waals surface area (Å²) in [5.74, 6) is 0.357. The van der Waals surface area contributed by atoms with E-state index in [1.165, 1.54) is 17.5 Å². The smallest absolute Gasteiger partial charge is 0.329 e. The molecular weight excluding hydrogens is 462 g/mol. The van der Waals surface area contributed by atoms with Gasteiger partial charge in [0.2, 0.25) is 0 Å². The number of hydrogen-bond donors (Lipinski definition) is 2. The van der Waals surface area contributed by atoms with Crippen molar-refractivity contribution in [2.24, 2.45) is 5.92 Å². The molecule has 6 nitrogen and oxygen atoms in total. The Balaban J connectivity index is 1.32. The maximum atomic E-state index is 12.5. The molecule has 2 aromatic carbocycles. The van der Waals surface area contributed by atoms with Crippen LogP contribution in [0, 0.1) is 5.92 Å². The zero-order chi connectivity index (χ0) is 24.3. The standard InChI is InChI=1S/C28H30ClN3O3/c29-22-7-3-8-23(16-22)32-28(26(33)34)12-10-27(11-13-28)21(15-20-5-1-2-9-25(20)27)6-4-14-35-24-17-30-19-31-18-24/h1-3,5,7-9,16-19,21,32H,4,6,10-15H2,(H,33,34). The average molecular weight is 492 g/mol. The summed E-state index contributed by atoms with van der Waals surface area (Å²) in [6, 6.07) is 16.0. The van der Waals surface area contributed by atoms with E-state index in [4.69, 9.17) is 16.3 Å². The molecule has 1 saturated carbocycles. The average Bonchev–Trinajstić information content (AvgIpc) is 3.17. The van der Waals surface area contributed by atoms with Crippen LogP contribution in [-0.2, 0) is 16.6 Å². The second-order valence-corrected chi connectivity index (χ2v) is 10.2. The van der Waals surface area contributed by atoms with E-state index in [0.29, 0.717) is 36.1 Å². The molecule has 0 aliphatic heterocycles. The van der Waals surface area contributed by atoms with Gasteiger partial charge in [-0.25, -0.2) is 14.8 Å². The topological polar surface area (TPSA) is 84.3 Å². The molecule has 7 heteroatoms. The molecule has 1 atom stereocenters. The van der Waals surface area contributed by atoms with Gasteiger partial charge in [0.25, 0.3) is 0 Å². The number of carbonyl (C=O) groups is 1. The van der Waals surface area contributed by atoms with Crippen LogP contribution in [0.3, 0.4) is 0 Å². The van der Waals surface area contributed by atoms with Crippen LogP contribution in [0.25, 0.3) is 0 Å². The number of halogens is 1. The van der Waals surface area contributed by atoms with E-state index in [0.717, 1.165) is 37.8 Å². The van der Waals surface area contributed by atoms with Crippen molar-refractivity contribution in [3.63, 3.8) is 0 Å². The number of carboxylic acids is 1. The Kier molecular flexibility index (Phi) is 6.65. The monoisotopic (exact) mass is 491 g/mol. The van der Waals surface area contributed by atoms with Crippen LogP contribution in [0.15, 0.2) is 67.3 Å². The summed E-state index contributed by atoms with van der Waals surface area (Å²) < 4.78 is 5.84. The van der Waals surface area contributed by atoms with Crippen molar-refractivity contribution in [2.45, 2.75) is 55.9 Å². The highest BCUT2D eigenvalue weighted by molar-refractivity contribution is 6.30. The number of ether oxygens (including phenoxy) is 1. The summed E-state index contributed by atoms with van der Waals surface area (Å²) in [5, 5.41) is 14.2. The normalized spacial score (nSPS) is 25.2. The molecular formula is C28H30ClN3O3. The molecule has 1 heterocycles. The van der Waals surface area contributed by atoms with Gasteiger partial charge in [0.15, 0.2) is 5.75 Å². The maximum Gasteiger partial charge on any atom is 0.329 e. The molecule has 0 bridgehead atoms. The molecule has 3 aromatic rings. The number of aromatic nitrogens is 2. The van der Waals surface area contributed by atoms with Gasteiger partial charge >= 0.3 is 5.97 Å². The van der Waals surface area contributed by atoms with Crippen LogP contribution < -0.4 is 10.1 Å². The van der Waals surface area contributed by atoms with Crippen LogP contribution in [-0.4, -0.2) is 33.2 Å². The molecule has 1 fully saturated rings. The van der Waals surface area contributed by atoms with Crippen LogP contribution in [0.5, 0.6) is 5.75 Å². The molecule has 5 rings (SSSR count). The van der Waals surface area contributed by atoms with Gasteiger partial charge in [0.05, 0.1) is 19.0 Å². The zero-order valence-corrected chi connectivity index (χ0v) is 20.4. The summed E-state index contributed by atoms with van der Waals surface area (Å²) in [5.41, 5.74) is 2.57. The molecule has 35 heavy (non-hydrogen) atoms. The van der Waals surface area contributed by atoms with Gasteiger partial charge in [0, 0.05) is 10.7 Å². The Bertz CT molecular complexity index is 1180. The van der Waals surface area contributed by atoms with Crippen molar-refractivity contribution >= 4 is 23.3 Å². The Morgan fingerprint density at radius 1 is 1.09 bits per heavy atom. The van der Waals surface area contributed by atoms with Crippen molar-refractivity contribution in [1.82, 2.24) is 9.97 Å². The number of rotatable bonds is 8. The third-order valence-corrected chi connectivity index (χ3v) is 8.15. The minimum absolute atomic E-state index is 0.00140. The van der Waals surface area contributed by atoms with Gasteiger partial charge < -0.3 is 15.2 Å². The van der Waals surface area contributed by atoms with Gasteiger partial charge in [0.1, 0.15) is 11.9 Å².